The van der Waals surface area contributed by atoms with Gasteiger partial charge in [0.05, 0.1) is 7.32 Å². The number of carboxylic acid groups (broad SMARTS) is 4. The Morgan fingerprint density at radius 3 is 0.765 bits per heavy atom. The Labute approximate surface area is 109 Å². The van der Waals surface area contributed by atoms with Crippen LogP contribution in [0.1, 0.15) is 0 Å². The van der Waals surface area contributed by atoms with E-state index in [1.165, 1.54) is 0 Å². The van der Waals surface area contributed by atoms with Crippen molar-refractivity contribution in [3.8, 4) is 0 Å². The average molecular weight is 264 g/mol. The summed E-state index contributed by atoms with van der Waals surface area (Å²) >= 11 is 0. The van der Waals surface area contributed by atoms with Crippen molar-refractivity contribution < 1.29 is 54.7 Å². The molecule has 0 unspecified atom stereocenters. The monoisotopic (exact) mass is 264 g/mol. The summed E-state index contributed by atoms with van der Waals surface area (Å²) in [6, 6.07) is 0. The molecule has 0 saturated carbocycles. The normalized spacial score (nSPS) is 6.76. The van der Waals surface area contributed by atoms with Crippen LogP contribution in [0.3, 0.4) is 0 Å². The summed E-state index contributed by atoms with van der Waals surface area (Å²) in [5.74, 6) is -7.30. The molecule has 0 bridgehead atoms. The molecular formula is C4H5BMgO11. The number of hydrogen-bond acceptors (Lipinski definition) is 7. The molecule has 0 saturated heterocycles. The summed E-state index contributed by atoms with van der Waals surface area (Å²) in [5.41, 5.74) is 0. The SMILES string of the molecule is O=C(O)C(=O)O.O=C(O)C(=O)O.[Mg+2].[O-]B([O-])O. The first-order valence-electron chi connectivity index (χ1n) is 2.94. The van der Waals surface area contributed by atoms with Crippen LogP contribution in [0.25, 0.3) is 0 Å². The van der Waals surface area contributed by atoms with Gasteiger partial charge in [-0.25, -0.2) is 19.2 Å². The Bertz CT molecular complexity index is 211. The van der Waals surface area contributed by atoms with E-state index < -0.39 is 31.2 Å². The van der Waals surface area contributed by atoms with E-state index in [0.29, 0.717) is 0 Å². The van der Waals surface area contributed by atoms with E-state index in [1.54, 1.807) is 0 Å². The molecule has 13 heteroatoms. The van der Waals surface area contributed by atoms with E-state index in [0.717, 1.165) is 0 Å². The largest absolute Gasteiger partial charge is 2.00 e. The number of rotatable bonds is 0. The first-order chi connectivity index (χ1) is 7.02. The standard InChI is InChI=1S/2C2H2O4.BHO3.Mg/c2*3-1(4)2(5)6;2-1(3)4;/h2*(H,3,4)(H,5,6);2H;/q;;-2;+2. The first-order valence-corrected chi connectivity index (χ1v) is 2.94. The number of carboxylic acids is 4. The molecule has 17 heavy (non-hydrogen) atoms. The van der Waals surface area contributed by atoms with E-state index in [9.17, 15) is 0 Å². The van der Waals surface area contributed by atoms with Crippen LogP contribution in [0, 0.1) is 0 Å². The molecule has 0 aliphatic heterocycles. The topological polar surface area (TPSA) is 216 Å². The molecule has 11 nitrogen and oxygen atoms in total. The maximum absolute atomic E-state index is 9.10. The third-order valence-electron chi connectivity index (χ3n) is 0.366. The van der Waals surface area contributed by atoms with Crippen molar-refractivity contribution >= 4 is 54.3 Å². The molecule has 0 aliphatic rings. The van der Waals surface area contributed by atoms with Crippen molar-refractivity contribution in [1.29, 1.82) is 0 Å². The van der Waals surface area contributed by atoms with Crippen molar-refractivity contribution in [2.45, 2.75) is 0 Å². The molecule has 0 spiro atoms. The molecule has 0 aromatic carbocycles. The fraction of sp³-hybridized carbons (Fsp3) is 0. The minimum Gasteiger partial charge on any atom is -0.871 e. The molecule has 0 heterocycles. The van der Waals surface area contributed by atoms with Gasteiger partial charge in [-0.3, -0.25) is 0 Å². The maximum atomic E-state index is 9.10. The van der Waals surface area contributed by atoms with Crippen LogP contribution in [-0.4, -0.2) is 79.7 Å². The molecule has 0 amide bonds. The van der Waals surface area contributed by atoms with Gasteiger partial charge >= 0.3 is 46.9 Å². The van der Waals surface area contributed by atoms with Gasteiger partial charge in [-0.2, -0.15) is 0 Å². The smallest absolute Gasteiger partial charge is 0.871 e. The van der Waals surface area contributed by atoms with Gasteiger partial charge in [-0.15, -0.1) is 0 Å². The quantitative estimate of drug-likeness (QED) is 0.205. The number of aliphatic carboxylic acids is 4. The van der Waals surface area contributed by atoms with Gasteiger partial charge in [0.1, 0.15) is 0 Å². The predicted octanol–water partition coefficient (Wildman–Crippen LogP) is -5.39. The van der Waals surface area contributed by atoms with Gasteiger partial charge in [0.2, 0.25) is 0 Å². The van der Waals surface area contributed by atoms with Crippen LogP contribution >= 0.6 is 0 Å². The molecule has 0 rings (SSSR count). The molecule has 0 atom stereocenters. The van der Waals surface area contributed by atoms with E-state index in [4.69, 9.17) is 54.7 Å². The first kappa shape index (κ1) is 24.7. The molecular weight excluding hydrogens is 259 g/mol. The van der Waals surface area contributed by atoms with Crippen LogP contribution in [0.5, 0.6) is 0 Å². The minimum absolute atomic E-state index is 0. The zero-order valence-electron chi connectivity index (χ0n) is 7.97. The molecule has 0 aromatic rings. The average Bonchev–Trinajstić information content (AvgIpc) is 2.03. The maximum Gasteiger partial charge on any atom is 2.00 e. The molecule has 0 aliphatic carbocycles. The molecule has 5 N–H and O–H groups in total. The Hall–Kier alpha value is -1.41. The van der Waals surface area contributed by atoms with Gasteiger partial charge < -0.3 is 35.5 Å². The van der Waals surface area contributed by atoms with Gasteiger partial charge in [-0.1, -0.05) is 0 Å². The van der Waals surface area contributed by atoms with Gasteiger partial charge in [0, 0.05) is 0 Å². The van der Waals surface area contributed by atoms with E-state index >= 15 is 0 Å². The van der Waals surface area contributed by atoms with E-state index in [1.807, 2.05) is 0 Å². The summed E-state index contributed by atoms with van der Waals surface area (Å²) in [6.45, 7) is 0. The number of carbonyl (C=O) groups is 4. The van der Waals surface area contributed by atoms with Gasteiger partial charge in [0.25, 0.3) is 0 Å². The van der Waals surface area contributed by atoms with Crippen molar-refractivity contribution in [3.63, 3.8) is 0 Å². The fourth-order valence-corrected chi connectivity index (χ4v) is 0. The molecule has 92 valence electrons. The zero-order chi connectivity index (χ0) is 13.9. The number of hydrogen-bond donors (Lipinski definition) is 5. The van der Waals surface area contributed by atoms with Crippen LogP contribution in [0.15, 0.2) is 0 Å². The van der Waals surface area contributed by atoms with Crippen LogP contribution in [-0.2, 0) is 19.2 Å². The molecule has 0 radical (unpaired) electrons. The van der Waals surface area contributed by atoms with Crippen LogP contribution < -0.4 is 10.0 Å². The Morgan fingerprint density at radius 1 is 0.706 bits per heavy atom. The predicted molar refractivity (Wildman–Crippen MR) is 44.3 cm³/mol. The van der Waals surface area contributed by atoms with E-state index in [-0.39, 0.29) is 23.1 Å². The fourth-order valence-electron chi connectivity index (χ4n) is 0. The third kappa shape index (κ3) is 53.2. The minimum atomic E-state index is -2.67. The molecule has 0 fully saturated rings. The second kappa shape index (κ2) is 14.6. The second-order valence-electron chi connectivity index (χ2n) is 1.53. The van der Waals surface area contributed by atoms with Crippen molar-refractivity contribution in [3.05, 3.63) is 0 Å². The van der Waals surface area contributed by atoms with Gasteiger partial charge in [0.15, 0.2) is 0 Å². The van der Waals surface area contributed by atoms with Crippen LogP contribution in [0.4, 0.5) is 0 Å². The van der Waals surface area contributed by atoms with Crippen molar-refractivity contribution in [2.24, 2.45) is 0 Å². The van der Waals surface area contributed by atoms with Crippen molar-refractivity contribution in [2.75, 3.05) is 0 Å². The van der Waals surface area contributed by atoms with Gasteiger partial charge in [-0.05, 0) is 0 Å². The Morgan fingerprint density at radius 2 is 0.765 bits per heavy atom. The molecule has 0 aromatic heterocycles. The second-order valence-corrected chi connectivity index (χ2v) is 1.53. The van der Waals surface area contributed by atoms with E-state index in [2.05, 4.69) is 0 Å². The van der Waals surface area contributed by atoms with Crippen molar-refractivity contribution in [1.82, 2.24) is 0 Å². The summed E-state index contributed by atoms with van der Waals surface area (Å²) < 4.78 is 0. The zero-order valence-corrected chi connectivity index (χ0v) is 9.38. The van der Waals surface area contributed by atoms with Crippen LogP contribution in [0.2, 0.25) is 0 Å². The summed E-state index contributed by atoms with van der Waals surface area (Å²) in [7, 11) is -2.67. The Kier molecular flexibility index (Phi) is 21.2. The Balaban J connectivity index is -0.0000000741. The summed E-state index contributed by atoms with van der Waals surface area (Å²) in [5, 5.41) is 53.6. The summed E-state index contributed by atoms with van der Waals surface area (Å²) in [4.78, 5) is 36.4. The third-order valence-corrected chi connectivity index (χ3v) is 0.366. The summed E-state index contributed by atoms with van der Waals surface area (Å²) in [6.07, 6.45) is 0.